The minimum atomic E-state index is -0.632. The Bertz CT molecular complexity index is 619. The zero-order chi connectivity index (χ0) is 12.8. The first-order valence-corrected chi connectivity index (χ1v) is 6.56. The van der Waals surface area contributed by atoms with Crippen molar-refractivity contribution >= 4 is 27.5 Å². The van der Waals surface area contributed by atoms with E-state index in [2.05, 4.69) is 26.0 Å². The fraction of sp³-hybridized carbons (Fsp3) is 0.417. The van der Waals surface area contributed by atoms with Gasteiger partial charge < -0.3 is 4.74 Å². The van der Waals surface area contributed by atoms with Crippen LogP contribution in [-0.2, 0) is 14.9 Å². The molecule has 3 rings (SSSR count). The van der Waals surface area contributed by atoms with Crippen LogP contribution in [0.4, 0.5) is 0 Å². The Morgan fingerprint density at radius 2 is 2.33 bits per heavy atom. The van der Waals surface area contributed by atoms with Crippen LogP contribution in [0.2, 0.25) is 0 Å². The lowest BCUT2D eigenvalue weighted by Crippen LogP contribution is -2.44. The lowest BCUT2D eigenvalue weighted by Gasteiger charge is -2.35. The molecule has 1 saturated carbocycles. The molecule has 0 unspecified atom stereocenters. The van der Waals surface area contributed by atoms with Crippen molar-refractivity contribution in [3.05, 3.63) is 28.6 Å². The van der Waals surface area contributed by atoms with Crippen LogP contribution in [0.3, 0.4) is 0 Å². The van der Waals surface area contributed by atoms with E-state index in [1.54, 1.807) is 4.52 Å². The lowest BCUT2D eigenvalue weighted by molar-refractivity contribution is -0.151. The first-order valence-electron chi connectivity index (χ1n) is 5.76. The highest BCUT2D eigenvalue weighted by molar-refractivity contribution is 9.10. The Balaban J connectivity index is 2.10. The van der Waals surface area contributed by atoms with Gasteiger partial charge in [0.05, 0.1) is 7.11 Å². The topological polar surface area (TPSA) is 56.5 Å². The van der Waals surface area contributed by atoms with Gasteiger partial charge in [-0.2, -0.15) is 5.10 Å². The maximum Gasteiger partial charge on any atom is 0.319 e. The van der Waals surface area contributed by atoms with Gasteiger partial charge in [0.25, 0.3) is 0 Å². The average Bonchev–Trinajstić information content (AvgIpc) is 2.70. The number of hydrogen-bond donors (Lipinski definition) is 0. The van der Waals surface area contributed by atoms with Gasteiger partial charge in [-0.1, -0.05) is 22.4 Å². The molecule has 0 aliphatic heterocycles. The van der Waals surface area contributed by atoms with Crippen molar-refractivity contribution in [1.29, 1.82) is 0 Å². The van der Waals surface area contributed by atoms with E-state index in [1.807, 2.05) is 18.3 Å². The smallest absolute Gasteiger partial charge is 0.319 e. The summed E-state index contributed by atoms with van der Waals surface area (Å²) in [5.74, 6) is 0.336. The van der Waals surface area contributed by atoms with Gasteiger partial charge in [0.2, 0.25) is 0 Å². The number of fused-ring (bicyclic) bond motifs is 1. The molecule has 1 fully saturated rings. The quantitative estimate of drug-likeness (QED) is 0.797. The molecule has 0 atom stereocenters. The summed E-state index contributed by atoms with van der Waals surface area (Å²) in [5.41, 5.74) is 0.0994. The molecule has 0 saturated heterocycles. The summed E-state index contributed by atoms with van der Waals surface area (Å²) in [6.07, 6.45) is 4.35. The number of pyridine rings is 1. The summed E-state index contributed by atoms with van der Waals surface area (Å²) in [5, 5.41) is 4.40. The molecule has 1 aliphatic carbocycles. The van der Waals surface area contributed by atoms with Crippen LogP contribution in [-0.4, -0.2) is 27.7 Å². The molecule has 0 radical (unpaired) electrons. The van der Waals surface area contributed by atoms with E-state index in [0.717, 1.165) is 29.4 Å². The van der Waals surface area contributed by atoms with Crippen molar-refractivity contribution < 1.29 is 9.53 Å². The summed E-state index contributed by atoms with van der Waals surface area (Å²) in [6.45, 7) is 0. The Kier molecular flexibility index (Phi) is 2.62. The number of nitrogens with zero attached hydrogens (tertiary/aromatic N) is 3. The number of esters is 1. The minimum absolute atomic E-state index is 0.233. The van der Waals surface area contributed by atoms with Crippen LogP contribution < -0.4 is 0 Å². The molecule has 0 N–H and O–H groups in total. The van der Waals surface area contributed by atoms with E-state index < -0.39 is 5.41 Å². The van der Waals surface area contributed by atoms with Gasteiger partial charge in [0.15, 0.2) is 11.5 Å². The molecular weight excluding hydrogens is 298 g/mol. The highest BCUT2D eigenvalue weighted by atomic mass is 79.9. The SMILES string of the molecule is COC(=O)C1(c2nc3cc(Br)ccn3n2)CCC1. The Morgan fingerprint density at radius 3 is 2.94 bits per heavy atom. The van der Waals surface area contributed by atoms with Gasteiger partial charge in [-0.25, -0.2) is 9.50 Å². The number of aromatic nitrogens is 3. The second kappa shape index (κ2) is 4.05. The summed E-state index contributed by atoms with van der Waals surface area (Å²) in [6, 6.07) is 3.76. The minimum Gasteiger partial charge on any atom is -0.468 e. The number of rotatable bonds is 2. The van der Waals surface area contributed by atoms with Crippen molar-refractivity contribution in [3.8, 4) is 0 Å². The summed E-state index contributed by atoms with van der Waals surface area (Å²) < 4.78 is 7.52. The van der Waals surface area contributed by atoms with E-state index in [4.69, 9.17) is 4.74 Å². The maximum absolute atomic E-state index is 11.9. The molecule has 2 heterocycles. The molecular formula is C12H12BrN3O2. The molecule has 6 heteroatoms. The Labute approximate surface area is 112 Å². The van der Waals surface area contributed by atoms with Crippen LogP contribution in [0.1, 0.15) is 25.1 Å². The first-order chi connectivity index (χ1) is 8.65. The fourth-order valence-corrected chi connectivity index (χ4v) is 2.63. The second-order valence-corrected chi connectivity index (χ2v) is 5.43. The summed E-state index contributed by atoms with van der Waals surface area (Å²) >= 11 is 3.39. The summed E-state index contributed by atoms with van der Waals surface area (Å²) in [4.78, 5) is 16.4. The Morgan fingerprint density at radius 1 is 1.56 bits per heavy atom. The predicted octanol–water partition coefficient (Wildman–Crippen LogP) is 2.09. The van der Waals surface area contributed by atoms with Gasteiger partial charge in [-0.15, -0.1) is 0 Å². The van der Waals surface area contributed by atoms with E-state index in [9.17, 15) is 4.79 Å². The van der Waals surface area contributed by atoms with Crippen LogP contribution in [0.15, 0.2) is 22.8 Å². The molecule has 5 nitrogen and oxygen atoms in total. The van der Waals surface area contributed by atoms with Crippen molar-refractivity contribution in [2.75, 3.05) is 7.11 Å². The number of methoxy groups -OCH3 is 1. The maximum atomic E-state index is 11.9. The highest BCUT2D eigenvalue weighted by Crippen LogP contribution is 2.43. The largest absolute Gasteiger partial charge is 0.468 e. The third-order valence-corrected chi connectivity index (χ3v) is 4.00. The number of carbonyl (C=O) groups excluding carboxylic acids is 1. The molecule has 0 spiro atoms. The van der Waals surface area contributed by atoms with E-state index in [1.165, 1.54) is 7.11 Å². The van der Waals surface area contributed by atoms with E-state index in [-0.39, 0.29) is 5.97 Å². The normalized spacial score (nSPS) is 17.4. The number of carbonyl (C=O) groups is 1. The summed E-state index contributed by atoms with van der Waals surface area (Å²) in [7, 11) is 1.41. The standard InChI is InChI=1S/C12H12BrN3O2/c1-18-11(17)12(4-2-5-12)10-14-9-7-8(13)3-6-16(9)15-10/h3,6-7H,2,4-5H2,1H3. The van der Waals surface area contributed by atoms with Crippen molar-refractivity contribution in [2.24, 2.45) is 0 Å². The highest BCUT2D eigenvalue weighted by Gasteiger charge is 2.50. The van der Waals surface area contributed by atoms with Crippen molar-refractivity contribution in [2.45, 2.75) is 24.7 Å². The number of ether oxygens (including phenoxy) is 1. The molecule has 18 heavy (non-hydrogen) atoms. The van der Waals surface area contributed by atoms with Gasteiger partial charge >= 0.3 is 5.97 Å². The van der Waals surface area contributed by atoms with Gasteiger partial charge in [0, 0.05) is 10.7 Å². The number of halogens is 1. The van der Waals surface area contributed by atoms with Gasteiger partial charge in [-0.3, -0.25) is 4.79 Å². The molecule has 0 aromatic carbocycles. The average molecular weight is 310 g/mol. The first kappa shape index (κ1) is 11.6. The molecule has 0 amide bonds. The van der Waals surface area contributed by atoms with Crippen LogP contribution in [0.5, 0.6) is 0 Å². The number of hydrogen-bond acceptors (Lipinski definition) is 4. The van der Waals surface area contributed by atoms with Crippen LogP contribution >= 0.6 is 15.9 Å². The van der Waals surface area contributed by atoms with Crippen LogP contribution in [0, 0.1) is 0 Å². The zero-order valence-electron chi connectivity index (χ0n) is 9.89. The lowest BCUT2D eigenvalue weighted by atomic mass is 9.68. The van der Waals surface area contributed by atoms with Crippen LogP contribution in [0.25, 0.3) is 5.65 Å². The molecule has 0 bridgehead atoms. The molecule has 2 aromatic heterocycles. The molecule has 94 valence electrons. The third kappa shape index (κ3) is 1.55. The fourth-order valence-electron chi connectivity index (χ4n) is 2.30. The second-order valence-electron chi connectivity index (χ2n) is 4.51. The zero-order valence-corrected chi connectivity index (χ0v) is 11.5. The monoisotopic (exact) mass is 309 g/mol. The third-order valence-electron chi connectivity index (χ3n) is 3.51. The predicted molar refractivity (Wildman–Crippen MR) is 68.2 cm³/mol. The molecule has 2 aromatic rings. The molecule has 1 aliphatic rings. The Hall–Kier alpha value is -1.43. The van der Waals surface area contributed by atoms with E-state index >= 15 is 0 Å². The van der Waals surface area contributed by atoms with E-state index in [0.29, 0.717) is 5.82 Å². The van der Waals surface area contributed by atoms with Crippen molar-refractivity contribution in [3.63, 3.8) is 0 Å². The van der Waals surface area contributed by atoms with Gasteiger partial charge in [0.1, 0.15) is 5.41 Å². The van der Waals surface area contributed by atoms with Crippen molar-refractivity contribution in [1.82, 2.24) is 14.6 Å². The van der Waals surface area contributed by atoms with Gasteiger partial charge in [-0.05, 0) is 25.0 Å².